The first-order valence-electron chi connectivity index (χ1n) is 7.09. The van der Waals surface area contributed by atoms with Crippen molar-refractivity contribution in [2.45, 2.75) is 31.9 Å². The highest BCUT2D eigenvalue weighted by Crippen LogP contribution is 2.25. The van der Waals surface area contributed by atoms with Gasteiger partial charge in [0, 0.05) is 30.7 Å². The number of hydrogen-bond acceptors (Lipinski definition) is 3. The lowest BCUT2D eigenvalue weighted by atomic mass is 10.1. The molecule has 3 nitrogen and oxygen atoms in total. The van der Waals surface area contributed by atoms with Gasteiger partial charge in [0.15, 0.2) is 0 Å². The van der Waals surface area contributed by atoms with Gasteiger partial charge in [0.05, 0.1) is 6.10 Å². The van der Waals surface area contributed by atoms with Crippen LogP contribution in [0.3, 0.4) is 0 Å². The Morgan fingerprint density at radius 2 is 2.05 bits per heavy atom. The van der Waals surface area contributed by atoms with E-state index in [4.69, 9.17) is 11.6 Å². The van der Waals surface area contributed by atoms with Crippen molar-refractivity contribution in [3.8, 4) is 0 Å². The molecule has 2 N–H and O–H groups in total. The zero-order chi connectivity index (χ0) is 13.7. The molecule has 1 aliphatic rings. The molecule has 0 heterocycles. The van der Waals surface area contributed by atoms with E-state index in [1.165, 1.54) is 12.8 Å². The minimum atomic E-state index is -0.465. The maximum Gasteiger partial charge on any atom is 0.0914 e. The van der Waals surface area contributed by atoms with Crippen LogP contribution in [0.2, 0.25) is 5.02 Å². The van der Waals surface area contributed by atoms with Gasteiger partial charge in [0.1, 0.15) is 0 Å². The summed E-state index contributed by atoms with van der Waals surface area (Å²) in [4.78, 5) is 2.50. The second-order valence-corrected chi connectivity index (χ2v) is 5.57. The third-order valence-corrected chi connectivity index (χ3v) is 3.89. The molecule has 19 heavy (non-hydrogen) atoms. The smallest absolute Gasteiger partial charge is 0.0914 e. The zero-order valence-corrected chi connectivity index (χ0v) is 12.2. The first-order chi connectivity index (χ1) is 9.20. The van der Waals surface area contributed by atoms with Crippen molar-refractivity contribution >= 4 is 11.6 Å². The van der Waals surface area contributed by atoms with Crippen LogP contribution in [0.4, 0.5) is 0 Å². The molecule has 0 amide bonds. The molecule has 1 aliphatic carbocycles. The molecule has 1 saturated carbocycles. The quantitative estimate of drug-likeness (QED) is 0.719. The molecule has 106 valence electrons. The van der Waals surface area contributed by atoms with Crippen molar-refractivity contribution in [1.82, 2.24) is 10.2 Å². The maximum absolute atomic E-state index is 10.0. The number of nitrogens with zero attached hydrogens (tertiary/aromatic N) is 1. The molecule has 1 aromatic rings. The van der Waals surface area contributed by atoms with Crippen LogP contribution in [0.25, 0.3) is 0 Å². The molecule has 0 aromatic heterocycles. The van der Waals surface area contributed by atoms with Gasteiger partial charge in [-0.2, -0.15) is 0 Å². The first kappa shape index (κ1) is 14.8. The highest BCUT2D eigenvalue weighted by molar-refractivity contribution is 6.30. The molecule has 1 atom stereocenters. The lowest BCUT2D eigenvalue weighted by molar-refractivity contribution is 0.172. The first-order valence-corrected chi connectivity index (χ1v) is 7.46. The van der Waals surface area contributed by atoms with Crippen molar-refractivity contribution in [3.63, 3.8) is 0 Å². The molecular weight excluding hydrogens is 260 g/mol. The van der Waals surface area contributed by atoms with Crippen LogP contribution >= 0.6 is 11.6 Å². The number of aliphatic hydroxyl groups is 1. The molecule has 0 bridgehead atoms. The van der Waals surface area contributed by atoms with E-state index in [0.717, 1.165) is 31.2 Å². The number of hydrogen-bond donors (Lipinski definition) is 2. The Balaban J connectivity index is 1.65. The van der Waals surface area contributed by atoms with Gasteiger partial charge in [-0.15, -0.1) is 0 Å². The van der Waals surface area contributed by atoms with Crippen LogP contribution in [0, 0.1) is 0 Å². The largest absolute Gasteiger partial charge is 0.387 e. The SMILES string of the molecule is CCN(CCNCC(O)c1ccc(Cl)cc1)C1CC1. The number of halogens is 1. The summed E-state index contributed by atoms with van der Waals surface area (Å²) in [6.07, 6.45) is 2.23. The fourth-order valence-corrected chi connectivity index (χ4v) is 2.43. The van der Waals surface area contributed by atoms with Crippen molar-refractivity contribution < 1.29 is 5.11 Å². The third-order valence-electron chi connectivity index (χ3n) is 3.64. The minimum Gasteiger partial charge on any atom is -0.387 e. The van der Waals surface area contributed by atoms with E-state index in [0.29, 0.717) is 11.6 Å². The van der Waals surface area contributed by atoms with Crippen LogP contribution in [-0.4, -0.2) is 42.2 Å². The van der Waals surface area contributed by atoms with E-state index in [1.54, 1.807) is 0 Å². The van der Waals surface area contributed by atoms with Crippen LogP contribution in [0.15, 0.2) is 24.3 Å². The number of benzene rings is 1. The number of likely N-dealkylation sites (N-methyl/N-ethyl adjacent to an activating group) is 1. The Labute approximate surface area is 120 Å². The lowest BCUT2D eigenvalue weighted by Crippen LogP contribution is -2.35. The molecule has 0 saturated heterocycles. The van der Waals surface area contributed by atoms with Gasteiger partial charge in [0.2, 0.25) is 0 Å². The minimum absolute atomic E-state index is 0.465. The Morgan fingerprint density at radius 1 is 1.37 bits per heavy atom. The summed E-state index contributed by atoms with van der Waals surface area (Å²) in [6.45, 7) is 5.90. The van der Waals surface area contributed by atoms with Gasteiger partial charge in [0.25, 0.3) is 0 Å². The normalized spacial score (nSPS) is 16.8. The number of rotatable bonds is 8. The number of aliphatic hydroxyl groups excluding tert-OH is 1. The van der Waals surface area contributed by atoms with Crippen molar-refractivity contribution in [2.75, 3.05) is 26.2 Å². The topological polar surface area (TPSA) is 35.5 Å². The molecule has 1 fully saturated rings. The van der Waals surface area contributed by atoms with Crippen LogP contribution in [0.1, 0.15) is 31.4 Å². The maximum atomic E-state index is 10.0. The molecule has 2 rings (SSSR count). The second kappa shape index (κ2) is 7.25. The number of nitrogens with one attached hydrogen (secondary N) is 1. The molecule has 0 spiro atoms. The average Bonchev–Trinajstić information content (AvgIpc) is 3.24. The van der Waals surface area contributed by atoms with Gasteiger partial charge in [-0.3, -0.25) is 4.90 Å². The zero-order valence-electron chi connectivity index (χ0n) is 11.5. The average molecular weight is 283 g/mol. The van der Waals surface area contributed by atoms with Gasteiger partial charge in [-0.25, -0.2) is 0 Å². The molecule has 4 heteroatoms. The van der Waals surface area contributed by atoms with Crippen molar-refractivity contribution in [2.24, 2.45) is 0 Å². The standard InChI is InChI=1S/C15H23ClN2O/c1-2-18(14-7-8-14)10-9-17-11-15(19)12-3-5-13(16)6-4-12/h3-6,14-15,17,19H,2,7-11H2,1H3. The van der Waals surface area contributed by atoms with Crippen LogP contribution in [0.5, 0.6) is 0 Å². The predicted molar refractivity (Wildman–Crippen MR) is 79.6 cm³/mol. The van der Waals surface area contributed by atoms with E-state index in [-0.39, 0.29) is 0 Å². The van der Waals surface area contributed by atoms with Gasteiger partial charge in [-0.1, -0.05) is 30.7 Å². The third kappa shape index (κ3) is 4.77. The Kier molecular flexibility index (Phi) is 5.64. The second-order valence-electron chi connectivity index (χ2n) is 5.13. The molecule has 0 aliphatic heterocycles. The molecule has 1 aromatic carbocycles. The fourth-order valence-electron chi connectivity index (χ4n) is 2.30. The Bertz CT molecular complexity index is 378. The summed E-state index contributed by atoms with van der Waals surface area (Å²) in [7, 11) is 0. The van der Waals surface area contributed by atoms with Crippen molar-refractivity contribution in [3.05, 3.63) is 34.9 Å². The summed E-state index contributed by atoms with van der Waals surface area (Å²) < 4.78 is 0. The van der Waals surface area contributed by atoms with Crippen LogP contribution < -0.4 is 5.32 Å². The van der Waals surface area contributed by atoms with Crippen molar-refractivity contribution in [1.29, 1.82) is 0 Å². The van der Waals surface area contributed by atoms with Gasteiger partial charge < -0.3 is 10.4 Å². The van der Waals surface area contributed by atoms with Crippen LogP contribution in [-0.2, 0) is 0 Å². The summed E-state index contributed by atoms with van der Waals surface area (Å²) in [5.74, 6) is 0. The summed E-state index contributed by atoms with van der Waals surface area (Å²) >= 11 is 5.83. The lowest BCUT2D eigenvalue weighted by Gasteiger charge is -2.20. The monoisotopic (exact) mass is 282 g/mol. The Hall–Kier alpha value is -0.610. The van der Waals surface area contributed by atoms with E-state index >= 15 is 0 Å². The van der Waals surface area contributed by atoms with E-state index in [2.05, 4.69) is 17.1 Å². The predicted octanol–water partition coefficient (Wildman–Crippen LogP) is 2.45. The Morgan fingerprint density at radius 3 is 2.63 bits per heavy atom. The highest BCUT2D eigenvalue weighted by atomic mass is 35.5. The highest BCUT2D eigenvalue weighted by Gasteiger charge is 2.27. The van der Waals surface area contributed by atoms with E-state index in [1.807, 2.05) is 24.3 Å². The summed E-state index contributed by atoms with van der Waals surface area (Å²) in [5.41, 5.74) is 0.909. The summed E-state index contributed by atoms with van der Waals surface area (Å²) in [6, 6.07) is 8.18. The molecule has 0 radical (unpaired) electrons. The van der Waals surface area contributed by atoms with E-state index < -0.39 is 6.10 Å². The fraction of sp³-hybridized carbons (Fsp3) is 0.600. The van der Waals surface area contributed by atoms with E-state index in [9.17, 15) is 5.11 Å². The van der Waals surface area contributed by atoms with Gasteiger partial charge >= 0.3 is 0 Å². The molecular formula is C15H23ClN2O. The summed E-state index contributed by atoms with van der Waals surface area (Å²) in [5, 5.41) is 14.1. The van der Waals surface area contributed by atoms with Gasteiger partial charge in [-0.05, 0) is 37.1 Å². The molecule has 1 unspecified atom stereocenters.